The lowest BCUT2D eigenvalue weighted by Crippen LogP contribution is -2.49. The maximum absolute atomic E-state index is 11.1. The molecule has 0 aromatic carbocycles. The molecule has 0 saturated carbocycles. The van der Waals surface area contributed by atoms with Gasteiger partial charge in [-0.2, -0.15) is 0 Å². The van der Waals surface area contributed by atoms with Crippen LogP contribution >= 0.6 is 0 Å². The van der Waals surface area contributed by atoms with Crippen molar-refractivity contribution in [1.82, 2.24) is 5.32 Å². The minimum absolute atomic E-state index is 0.610. The van der Waals surface area contributed by atoms with Gasteiger partial charge in [0.05, 0.1) is 12.6 Å². The van der Waals surface area contributed by atoms with Crippen molar-refractivity contribution < 1.29 is 19.7 Å². The molecule has 0 aromatic rings. The molecule has 0 bridgehead atoms. The van der Waals surface area contributed by atoms with Crippen molar-refractivity contribution in [3.63, 3.8) is 0 Å². The van der Waals surface area contributed by atoms with E-state index in [4.69, 9.17) is 15.3 Å². The summed E-state index contributed by atoms with van der Waals surface area (Å²) in [6.45, 7) is 4.40. The van der Waals surface area contributed by atoms with Gasteiger partial charge in [-0.15, -0.1) is 0 Å². The van der Waals surface area contributed by atoms with E-state index in [0.717, 1.165) is 0 Å². The number of carbonyl (C=O) groups excluding carboxylic acids is 1. The summed E-state index contributed by atoms with van der Waals surface area (Å²) in [4.78, 5) is 11.1. The van der Waals surface area contributed by atoms with Gasteiger partial charge in [0, 0.05) is 0 Å². The standard InChI is InChI=1S/C8H16N2O4/c1-8(2,3)14-7(13)10-5(4-11)6(9)12/h5,11H,4H2,1-3H3,(H2,9,12)(H,10,13)/p-1. The number of carbonyl (C=O) groups is 1. The van der Waals surface area contributed by atoms with E-state index in [2.05, 4.69) is 5.32 Å². The number of amides is 1. The van der Waals surface area contributed by atoms with Gasteiger partial charge in [-0.3, -0.25) is 0 Å². The van der Waals surface area contributed by atoms with Crippen LogP contribution in [0.15, 0.2) is 0 Å². The van der Waals surface area contributed by atoms with Gasteiger partial charge < -0.3 is 25.7 Å². The zero-order valence-electron chi connectivity index (χ0n) is 8.46. The SMILES string of the molecule is CC(C)(C)OC(=O)NC(CO)C(=N)[O-]. The summed E-state index contributed by atoms with van der Waals surface area (Å²) in [5.74, 6) is -1.06. The van der Waals surface area contributed by atoms with Crippen LogP contribution in [0.25, 0.3) is 0 Å². The van der Waals surface area contributed by atoms with Crippen molar-refractivity contribution in [2.45, 2.75) is 32.4 Å². The van der Waals surface area contributed by atoms with E-state index in [9.17, 15) is 9.90 Å². The van der Waals surface area contributed by atoms with E-state index in [1.165, 1.54) is 0 Å². The van der Waals surface area contributed by atoms with Gasteiger partial charge in [-0.05, 0) is 26.7 Å². The average molecular weight is 203 g/mol. The summed E-state index contributed by atoms with van der Waals surface area (Å²) in [7, 11) is 0. The Bertz CT molecular complexity index is 222. The van der Waals surface area contributed by atoms with Gasteiger partial charge in [0.2, 0.25) is 0 Å². The first-order chi connectivity index (χ1) is 6.26. The first-order valence-corrected chi connectivity index (χ1v) is 4.12. The number of ether oxygens (including phenoxy) is 1. The fourth-order valence-electron chi connectivity index (χ4n) is 0.644. The highest BCUT2D eigenvalue weighted by Crippen LogP contribution is 2.06. The van der Waals surface area contributed by atoms with Gasteiger partial charge in [0.25, 0.3) is 0 Å². The summed E-state index contributed by atoms with van der Waals surface area (Å²) in [6.07, 6.45) is -0.822. The number of nitrogens with one attached hydrogen (secondary N) is 2. The smallest absolute Gasteiger partial charge is 0.408 e. The predicted molar refractivity (Wildman–Crippen MR) is 48.0 cm³/mol. The fourth-order valence-corrected chi connectivity index (χ4v) is 0.644. The summed E-state index contributed by atoms with van der Waals surface area (Å²) < 4.78 is 4.82. The van der Waals surface area contributed by atoms with E-state index in [1.54, 1.807) is 20.8 Å². The van der Waals surface area contributed by atoms with Crippen LogP contribution in [0.1, 0.15) is 20.8 Å². The molecule has 82 valence electrons. The second-order valence-corrected chi connectivity index (χ2v) is 3.75. The molecular weight excluding hydrogens is 188 g/mol. The molecule has 0 aliphatic rings. The minimum Gasteiger partial charge on any atom is -0.861 e. The predicted octanol–water partition coefficient (Wildman–Crippen LogP) is -0.790. The van der Waals surface area contributed by atoms with Gasteiger partial charge in [-0.25, -0.2) is 4.79 Å². The quantitative estimate of drug-likeness (QED) is 0.413. The minimum atomic E-state index is -1.22. The molecule has 0 aliphatic heterocycles. The molecule has 14 heavy (non-hydrogen) atoms. The van der Waals surface area contributed by atoms with Crippen molar-refractivity contribution in [3.8, 4) is 0 Å². The van der Waals surface area contributed by atoms with E-state index in [-0.39, 0.29) is 0 Å². The van der Waals surface area contributed by atoms with Crippen LogP contribution in [0.4, 0.5) is 4.79 Å². The summed E-state index contributed by atoms with van der Waals surface area (Å²) in [5, 5.41) is 27.9. The molecule has 3 N–H and O–H groups in total. The Morgan fingerprint density at radius 1 is 1.64 bits per heavy atom. The van der Waals surface area contributed by atoms with Crippen LogP contribution < -0.4 is 10.4 Å². The number of hydrogen-bond acceptors (Lipinski definition) is 5. The number of alkyl carbamates (subject to hydrolysis) is 1. The monoisotopic (exact) mass is 203 g/mol. The summed E-state index contributed by atoms with van der Waals surface area (Å²) >= 11 is 0. The number of aliphatic hydroxyl groups excluding tert-OH is 1. The number of rotatable bonds is 3. The maximum atomic E-state index is 11.1. The van der Waals surface area contributed by atoms with Crippen molar-refractivity contribution in [2.75, 3.05) is 6.61 Å². The third kappa shape index (κ3) is 5.36. The van der Waals surface area contributed by atoms with Crippen molar-refractivity contribution >= 4 is 12.0 Å². The molecule has 6 heteroatoms. The summed E-state index contributed by atoms with van der Waals surface area (Å²) in [6, 6.07) is -1.22. The van der Waals surface area contributed by atoms with Crippen LogP contribution in [0.5, 0.6) is 0 Å². The Kier molecular flexibility index (Phi) is 4.36. The van der Waals surface area contributed by atoms with E-state index < -0.39 is 30.2 Å². The fraction of sp³-hybridized carbons (Fsp3) is 0.750. The van der Waals surface area contributed by atoms with Crippen LogP contribution in [-0.2, 0) is 4.74 Å². The Balaban J connectivity index is 4.11. The molecule has 0 rings (SSSR count). The van der Waals surface area contributed by atoms with Crippen molar-refractivity contribution in [2.24, 2.45) is 0 Å². The lowest BCUT2D eigenvalue weighted by atomic mass is 10.2. The van der Waals surface area contributed by atoms with Crippen molar-refractivity contribution in [1.29, 1.82) is 5.41 Å². The second-order valence-electron chi connectivity index (χ2n) is 3.75. The molecule has 0 aliphatic carbocycles. The van der Waals surface area contributed by atoms with Crippen molar-refractivity contribution in [3.05, 3.63) is 0 Å². The molecule has 0 saturated heterocycles. The Morgan fingerprint density at radius 3 is 2.43 bits per heavy atom. The Morgan fingerprint density at radius 2 is 2.14 bits per heavy atom. The van der Waals surface area contributed by atoms with Gasteiger partial charge >= 0.3 is 6.09 Å². The molecule has 1 amide bonds. The van der Waals surface area contributed by atoms with Crippen LogP contribution in [-0.4, -0.2) is 35.3 Å². The summed E-state index contributed by atoms with van der Waals surface area (Å²) in [5.41, 5.74) is -0.671. The molecular formula is C8H15N2O4-. The molecule has 1 atom stereocenters. The van der Waals surface area contributed by atoms with Gasteiger partial charge in [0.15, 0.2) is 0 Å². The topological polar surface area (TPSA) is 105 Å². The zero-order valence-corrected chi connectivity index (χ0v) is 8.46. The molecule has 0 radical (unpaired) electrons. The third-order valence-corrected chi connectivity index (χ3v) is 1.19. The highest BCUT2D eigenvalue weighted by Gasteiger charge is 2.18. The normalized spacial score (nSPS) is 13.1. The molecule has 0 fully saturated rings. The molecule has 0 heterocycles. The molecule has 0 aromatic heterocycles. The Labute approximate surface area is 82.4 Å². The highest BCUT2D eigenvalue weighted by atomic mass is 16.6. The lowest BCUT2D eigenvalue weighted by molar-refractivity contribution is -0.223. The van der Waals surface area contributed by atoms with Crippen LogP contribution in [0.2, 0.25) is 0 Å². The van der Waals surface area contributed by atoms with E-state index in [0.29, 0.717) is 0 Å². The molecule has 0 spiro atoms. The molecule has 1 unspecified atom stereocenters. The largest absolute Gasteiger partial charge is 0.861 e. The van der Waals surface area contributed by atoms with E-state index in [1.807, 2.05) is 0 Å². The van der Waals surface area contributed by atoms with E-state index >= 15 is 0 Å². The van der Waals surface area contributed by atoms with Gasteiger partial charge in [0.1, 0.15) is 5.60 Å². The van der Waals surface area contributed by atoms with Gasteiger partial charge in [-0.1, -0.05) is 0 Å². The third-order valence-electron chi connectivity index (χ3n) is 1.19. The zero-order chi connectivity index (χ0) is 11.4. The first-order valence-electron chi connectivity index (χ1n) is 4.12. The first kappa shape index (κ1) is 12.7. The highest BCUT2D eigenvalue weighted by molar-refractivity contribution is 5.80. The van der Waals surface area contributed by atoms with Crippen LogP contribution in [0, 0.1) is 5.41 Å². The number of aliphatic hydroxyl groups is 1. The lowest BCUT2D eigenvalue weighted by Gasteiger charge is -2.24. The Hall–Kier alpha value is -1.30. The van der Waals surface area contributed by atoms with Crippen LogP contribution in [0.3, 0.4) is 0 Å². The average Bonchev–Trinajstić information content (AvgIpc) is 1.96. The molecule has 6 nitrogen and oxygen atoms in total. The second kappa shape index (κ2) is 4.80. The number of hydrogen-bond donors (Lipinski definition) is 3. The maximum Gasteiger partial charge on any atom is 0.408 e.